The minimum atomic E-state index is -0.479. The van der Waals surface area contributed by atoms with Gasteiger partial charge in [0.2, 0.25) is 5.78 Å². The summed E-state index contributed by atoms with van der Waals surface area (Å²) in [5.74, 6) is 0.942. The van der Waals surface area contributed by atoms with E-state index in [1.807, 2.05) is 0 Å². The van der Waals surface area contributed by atoms with E-state index in [2.05, 4.69) is 5.16 Å². The summed E-state index contributed by atoms with van der Waals surface area (Å²) < 4.78 is 26.9. The fourth-order valence-electron chi connectivity index (χ4n) is 3.50. The third-order valence-corrected chi connectivity index (χ3v) is 5.37. The summed E-state index contributed by atoms with van der Waals surface area (Å²) in [7, 11) is 0. The van der Waals surface area contributed by atoms with Crippen molar-refractivity contribution in [3.63, 3.8) is 0 Å². The number of allylic oxidation sites excluding steroid dienone is 1. The van der Waals surface area contributed by atoms with Gasteiger partial charge in [0, 0.05) is 34.7 Å². The Morgan fingerprint density at radius 2 is 2.06 bits per heavy atom. The third kappa shape index (κ3) is 4.59. The van der Waals surface area contributed by atoms with Gasteiger partial charge in [-0.05, 0) is 30.3 Å². The summed E-state index contributed by atoms with van der Waals surface area (Å²) in [5.41, 5.74) is 1.75. The van der Waals surface area contributed by atoms with Crippen LogP contribution in [0.4, 0.5) is 0 Å². The van der Waals surface area contributed by atoms with Crippen molar-refractivity contribution in [2.24, 2.45) is 0 Å². The summed E-state index contributed by atoms with van der Waals surface area (Å²) in [4.78, 5) is 25.0. The van der Waals surface area contributed by atoms with Crippen molar-refractivity contribution in [1.82, 2.24) is 5.16 Å². The van der Waals surface area contributed by atoms with Gasteiger partial charge >= 0.3 is 5.97 Å². The Hall–Kier alpha value is -3.33. The molecule has 1 aromatic heterocycles. The number of ether oxygens (including phenoxy) is 4. The van der Waals surface area contributed by atoms with Crippen LogP contribution in [0, 0.1) is 0 Å². The van der Waals surface area contributed by atoms with Crippen molar-refractivity contribution in [1.29, 1.82) is 0 Å². The molecule has 2 aliphatic heterocycles. The van der Waals surface area contributed by atoms with E-state index in [-0.39, 0.29) is 35.7 Å². The number of nitrogens with zero attached hydrogens (tertiary/aromatic N) is 1. The number of esters is 1. The molecule has 0 saturated heterocycles. The highest BCUT2D eigenvalue weighted by molar-refractivity contribution is 6.31. The summed E-state index contributed by atoms with van der Waals surface area (Å²) >= 11 is 11.9. The summed E-state index contributed by atoms with van der Waals surface area (Å²) in [6.07, 6.45) is 1.94. The SMILES string of the molecule is O=C(CCc1cc(Cl)no1)Oc1ccc2c(c1)O/C(=C\c1cc(Cl)cc3c1OCOC3)C2=O. The lowest BCUT2D eigenvalue weighted by molar-refractivity contribution is -0.134. The van der Waals surface area contributed by atoms with Crippen molar-refractivity contribution < 1.29 is 33.1 Å². The van der Waals surface area contributed by atoms with E-state index in [1.54, 1.807) is 24.3 Å². The Morgan fingerprint density at radius 3 is 2.88 bits per heavy atom. The van der Waals surface area contributed by atoms with Gasteiger partial charge in [-0.15, -0.1) is 0 Å². The molecule has 0 radical (unpaired) electrons. The molecule has 3 aromatic rings. The zero-order chi connectivity index (χ0) is 22.9. The molecule has 0 unspecified atom stereocenters. The van der Waals surface area contributed by atoms with Crippen LogP contribution in [-0.2, 0) is 22.6 Å². The molecule has 10 heteroatoms. The van der Waals surface area contributed by atoms with Gasteiger partial charge in [0.25, 0.3) is 0 Å². The molecule has 0 spiro atoms. The van der Waals surface area contributed by atoms with Crippen molar-refractivity contribution in [2.45, 2.75) is 19.4 Å². The van der Waals surface area contributed by atoms with E-state index in [1.165, 1.54) is 18.2 Å². The second-order valence-corrected chi connectivity index (χ2v) is 8.11. The van der Waals surface area contributed by atoms with Gasteiger partial charge in [0.05, 0.1) is 18.6 Å². The third-order valence-electron chi connectivity index (χ3n) is 4.97. The highest BCUT2D eigenvalue weighted by Crippen LogP contribution is 2.38. The zero-order valence-corrected chi connectivity index (χ0v) is 18.4. The Labute approximate surface area is 197 Å². The number of hydrogen-bond donors (Lipinski definition) is 0. The first-order valence-corrected chi connectivity index (χ1v) is 10.6. The van der Waals surface area contributed by atoms with Gasteiger partial charge in [0.15, 0.2) is 17.7 Å². The van der Waals surface area contributed by atoms with E-state index >= 15 is 0 Å². The number of rotatable bonds is 5. The van der Waals surface area contributed by atoms with Gasteiger partial charge in [0.1, 0.15) is 23.0 Å². The highest BCUT2D eigenvalue weighted by atomic mass is 35.5. The molecule has 0 bridgehead atoms. The maximum atomic E-state index is 12.8. The fraction of sp³-hybridized carbons (Fsp3) is 0.174. The van der Waals surface area contributed by atoms with Crippen LogP contribution in [0.5, 0.6) is 17.2 Å². The van der Waals surface area contributed by atoms with Crippen molar-refractivity contribution in [2.75, 3.05) is 6.79 Å². The molecular formula is C23H15Cl2NO7. The van der Waals surface area contributed by atoms with Gasteiger partial charge in [-0.3, -0.25) is 9.59 Å². The average Bonchev–Trinajstić information content (AvgIpc) is 3.34. The van der Waals surface area contributed by atoms with Crippen LogP contribution in [-0.4, -0.2) is 23.7 Å². The molecular weight excluding hydrogens is 473 g/mol. The Balaban J connectivity index is 1.31. The zero-order valence-electron chi connectivity index (χ0n) is 16.9. The molecule has 0 fully saturated rings. The average molecular weight is 488 g/mol. The second kappa shape index (κ2) is 8.90. The number of aryl methyl sites for hydroxylation is 1. The van der Waals surface area contributed by atoms with E-state index in [0.717, 1.165) is 5.56 Å². The van der Waals surface area contributed by atoms with Crippen LogP contribution in [0.2, 0.25) is 10.2 Å². The number of benzene rings is 2. The standard InChI is InChI=1S/C23H15Cl2NO7/c24-14-5-12(23-13(6-14)10-29-11-30-23)7-19-22(28)17-3-1-15(8-18(17)32-19)31-21(27)4-2-16-9-20(25)26-33-16/h1,3,5-9H,2,4,10-11H2/b19-7-. The van der Waals surface area contributed by atoms with Gasteiger partial charge < -0.3 is 23.5 Å². The lowest BCUT2D eigenvalue weighted by atomic mass is 10.1. The molecule has 0 N–H and O–H groups in total. The quantitative estimate of drug-likeness (QED) is 0.281. The molecule has 2 aromatic carbocycles. The van der Waals surface area contributed by atoms with E-state index in [0.29, 0.717) is 46.4 Å². The number of halogens is 2. The maximum absolute atomic E-state index is 12.8. The first kappa shape index (κ1) is 21.5. The summed E-state index contributed by atoms with van der Waals surface area (Å²) in [5, 5.41) is 4.26. The molecule has 5 rings (SSSR count). The predicted octanol–water partition coefficient (Wildman–Crippen LogP) is 5.00. The lowest BCUT2D eigenvalue weighted by Crippen LogP contribution is -2.12. The number of carbonyl (C=O) groups excluding carboxylic acids is 2. The van der Waals surface area contributed by atoms with E-state index in [9.17, 15) is 9.59 Å². The molecule has 0 saturated carbocycles. The molecule has 168 valence electrons. The molecule has 0 amide bonds. The number of carbonyl (C=O) groups is 2. The number of fused-ring (bicyclic) bond motifs is 2. The summed E-state index contributed by atoms with van der Waals surface area (Å²) in [6, 6.07) is 9.56. The van der Waals surface area contributed by atoms with Crippen molar-refractivity contribution in [3.8, 4) is 17.2 Å². The van der Waals surface area contributed by atoms with E-state index in [4.69, 9.17) is 46.7 Å². The molecule has 2 aliphatic rings. The van der Waals surface area contributed by atoms with E-state index < -0.39 is 5.97 Å². The van der Waals surface area contributed by atoms with Crippen LogP contribution in [0.25, 0.3) is 6.08 Å². The highest BCUT2D eigenvalue weighted by Gasteiger charge is 2.29. The van der Waals surface area contributed by atoms with Crippen LogP contribution < -0.4 is 14.2 Å². The first-order valence-electron chi connectivity index (χ1n) is 9.89. The normalized spacial score (nSPS) is 15.6. The molecule has 3 heterocycles. The molecule has 33 heavy (non-hydrogen) atoms. The number of aromatic nitrogens is 1. The number of ketones is 1. The predicted molar refractivity (Wildman–Crippen MR) is 117 cm³/mol. The smallest absolute Gasteiger partial charge is 0.311 e. The van der Waals surface area contributed by atoms with Gasteiger partial charge in [-0.2, -0.15) is 0 Å². The van der Waals surface area contributed by atoms with Gasteiger partial charge in [-0.1, -0.05) is 28.4 Å². The molecule has 8 nitrogen and oxygen atoms in total. The Bertz CT molecular complexity index is 1300. The van der Waals surface area contributed by atoms with Crippen LogP contribution in [0.1, 0.15) is 33.7 Å². The topological polar surface area (TPSA) is 97.1 Å². The Kier molecular flexibility index (Phi) is 5.80. The lowest BCUT2D eigenvalue weighted by Gasteiger charge is -2.20. The van der Waals surface area contributed by atoms with Crippen molar-refractivity contribution in [3.05, 3.63) is 74.8 Å². The van der Waals surface area contributed by atoms with Crippen molar-refractivity contribution >= 4 is 41.0 Å². The first-order chi connectivity index (χ1) is 16.0. The largest absolute Gasteiger partial charge is 0.467 e. The summed E-state index contributed by atoms with van der Waals surface area (Å²) in [6.45, 7) is 0.470. The monoisotopic (exact) mass is 487 g/mol. The minimum absolute atomic E-state index is 0.0666. The maximum Gasteiger partial charge on any atom is 0.311 e. The number of hydrogen-bond acceptors (Lipinski definition) is 8. The Morgan fingerprint density at radius 1 is 1.18 bits per heavy atom. The molecule has 0 atom stereocenters. The van der Waals surface area contributed by atoms with Gasteiger partial charge in [-0.25, -0.2) is 0 Å². The minimum Gasteiger partial charge on any atom is -0.467 e. The van der Waals surface area contributed by atoms with Crippen LogP contribution in [0.3, 0.4) is 0 Å². The fourth-order valence-corrected chi connectivity index (χ4v) is 3.91. The number of Topliss-reactive ketones (excluding diaryl/α,β-unsaturated/α-hetero) is 1. The van der Waals surface area contributed by atoms with Crippen LogP contribution >= 0.6 is 23.2 Å². The molecule has 0 aliphatic carbocycles. The van der Waals surface area contributed by atoms with Crippen LogP contribution in [0.15, 0.2) is 46.7 Å². The second-order valence-electron chi connectivity index (χ2n) is 7.28.